The quantitative estimate of drug-likeness (QED) is 0.0866. The van der Waals surface area contributed by atoms with Crippen molar-refractivity contribution in [2.45, 2.75) is 125 Å². The van der Waals surface area contributed by atoms with Crippen LogP contribution in [0.3, 0.4) is 0 Å². The van der Waals surface area contributed by atoms with Crippen molar-refractivity contribution < 1.29 is 33.8 Å². The maximum absolute atomic E-state index is 14.2. The van der Waals surface area contributed by atoms with Crippen LogP contribution in [0.5, 0.6) is 5.75 Å². The summed E-state index contributed by atoms with van der Waals surface area (Å²) in [5.41, 5.74) is 5.49. The largest absolute Gasteiger partial charge is 0.489 e. The Morgan fingerprint density at radius 1 is 1.00 bits per heavy atom. The van der Waals surface area contributed by atoms with Crippen LogP contribution >= 0.6 is 22.9 Å². The summed E-state index contributed by atoms with van der Waals surface area (Å²) in [5.74, 6) is -0.624. The number of rotatable bonds is 17. The third-order valence-electron chi connectivity index (χ3n) is 14.9. The lowest BCUT2D eigenvalue weighted by molar-refractivity contribution is -0.164. The van der Waals surface area contributed by atoms with Gasteiger partial charge in [0.15, 0.2) is 5.78 Å². The molecule has 3 aliphatic rings. The number of anilines is 1. The second kappa shape index (κ2) is 21.6. The summed E-state index contributed by atoms with van der Waals surface area (Å²) in [7, 11) is 0. The average molecular weight is 994 g/mol. The number of thiazole rings is 1. The molecular formula is C55H69ClN6O7S. The molecule has 1 saturated carbocycles. The van der Waals surface area contributed by atoms with Crippen molar-refractivity contribution in [1.29, 1.82) is 5.26 Å². The minimum Gasteiger partial charge on any atom is -0.489 e. The van der Waals surface area contributed by atoms with Crippen LogP contribution in [0.2, 0.25) is 5.02 Å². The van der Waals surface area contributed by atoms with Gasteiger partial charge in [-0.3, -0.25) is 19.2 Å². The first-order valence-corrected chi connectivity index (χ1v) is 25.7. The number of aliphatic hydroxyl groups is 1. The van der Waals surface area contributed by atoms with Crippen LogP contribution in [0.25, 0.3) is 10.4 Å². The lowest BCUT2D eigenvalue weighted by Gasteiger charge is -2.63. The number of ether oxygens (including phenoxy) is 2. The number of nitrogens with one attached hydrogen (secondary N) is 2. The number of aromatic nitrogens is 1. The summed E-state index contributed by atoms with van der Waals surface area (Å²) in [6.07, 6.45) is 1.82. The van der Waals surface area contributed by atoms with Gasteiger partial charge in [-0.1, -0.05) is 84.3 Å². The molecule has 0 bridgehead atoms. The molecular weight excluding hydrogens is 924 g/mol. The number of amides is 3. The smallest absolute Gasteiger partial charge is 0.251 e. The molecule has 70 heavy (non-hydrogen) atoms. The highest BCUT2D eigenvalue weighted by molar-refractivity contribution is 7.13. The molecule has 3 heterocycles. The molecule has 2 saturated heterocycles. The van der Waals surface area contributed by atoms with E-state index < -0.39 is 23.5 Å². The molecule has 4 aromatic rings. The van der Waals surface area contributed by atoms with Crippen LogP contribution < -0.4 is 20.3 Å². The number of likely N-dealkylation sites (tertiary alicyclic amines) is 1. The highest BCUT2D eigenvalue weighted by Gasteiger charge is 2.64. The zero-order valence-electron chi connectivity index (χ0n) is 42.0. The minimum absolute atomic E-state index is 0.0207. The summed E-state index contributed by atoms with van der Waals surface area (Å²) in [6, 6.07) is 21.6. The van der Waals surface area contributed by atoms with Crippen molar-refractivity contribution in [2.24, 2.45) is 28.1 Å². The van der Waals surface area contributed by atoms with Crippen molar-refractivity contribution in [3.63, 3.8) is 0 Å². The highest BCUT2D eigenvalue weighted by atomic mass is 35.5. The van der Waals surface area contributed by atoms with Gasteiger partial charge in [-0.05, 0) is 92.0 Å². The molecule has 2 aliphatic heterocycles. The van der Waals surface area contributed by atoms with Gasteiger partial charge in [0.05, 0.1) is 38.8 Å². The van der Waals surface area contributed by atoms with Crippen molar-refractivity contribution in [3.05, 3.63) is 99.6 Å². The fraction of sp³-hybridized carbons (Fsp3) is 0.527. The van der Waals surface area contributed by atoms with E-state index in [1.807, 2.05) is 88.7 Å². The molecule has 1 aliphatic carbocycles. The third kappa shape index (κ3) is 11.7. The highest BCUT2D eigenvalue weighted by Crippen LogP contribution is 2.55. The van der Waals surface area contributed by atoms with Crippen LogP contribution in [0.4, 0.5) is 5.69 Å². The summed E-state index contributed by atoms with van der Waals surface area (Å²) < 4.78 is 12.3. The molecule has 374 valence electrons. The van der Waals surface area contributed by atoms with E-state index in [-0.39, 0.29) is 78.5 Å². The van der Waals surface area contributed by atoms with Crippen LogP contribution in [0, 0.1) is 46.3 Å². The molecule has 3 N–H and O–H groups in total. The van der Waals surface area contributed by atoms with E-state index in [1.54, 1.807) is 29.5 Å². The van der Waals surface area contributed by atoms with E-state index in [2.05, 4.69) is 54.3 Å². The van der Waals surface area contributed by atoms with Crippen molar-refractivity contribution >= 4 is 52.1 Å². The zero-order valence-corrected chi connectivity index (χ0v) is 43.6. The number of ketones is 1. The molecule has 1 aromatic heterocycles. The molecule has 3 aromatic carbocycles. The van der Waals surface area contributed by atoms with Gasteiger partial charge in [-0.2, -0.15) is 5.26 Å². The Hall–Kier alpha value is -5.33. The molecule has 1 unspecified atom stereocenters. The Labute approximate surface area is 422 Å². The van der Waals surface area contributed by atoms with Crippen molar-refractivity contribution in [3.8, 4) is 22.3 Å². The third-order valence-corrected chi connectivity index (χ3v) is 16.2. The van der Waals surface area contributed by atoms with E-state index in [1.165, 1.54) is 4.90 Å². The summed E-state index contributed by atoms with van der Waals surface area (Å²) in [6.45, 7) is 20.1. The Morgan fingerprint density at radius 2 is 1.67 bits per heavy atom. The fourth-order valence-corrected chi connectivity index (χ4v) is 12.0. The molecule has 13 nitrogen and oxygen atoms in total. The first-order chi connectivity index (χ1) is 33.1. The van der Waals surface area contributed by atoms with E-state index in [9.17, 15) is 29.5 Å². The van der Waals surface area contributed by atoms with E-state index in [0.717, 1.165) is 59.7 Å². The molecule has 15 heteroatoms. The van der Waals surface area contributed by atoms with Gasteiger partial charge >= 0.3 is 0 Å². The maximum Gasteiger partial charge on any atom is 0.251 e. The molecule has 3 fully saturated rings. The SMILES string of the molecule is Cc1ncsc1-c1ccc([C@H](C)NC(=O)[C@@H]2C[C@@H](O)CN2C(=O)C(CC(=O)COCCC2CCN(c3ccc(C(=O)N[C@H]4C(C)(C)[C@H](Oc5ccc(C#N)c(Cl)c5)C4(C)C)cc3)CC2)C(C)(C)C)cc1. The molecule has 0 spiro atoms. The Kier molecular flexibility index (Phi) is 16.2. The van der Waals surface area contributed by atoms with Gasteiger partial charge < -0.3 is 35.0 Å². The number of benzene rings is 3. The lowest BCUT2D eigenvalue weighted by Crippen LogP contribution is -2.74. The Balaban J connectivity index is 0.831. The van der Waals surface area contributed by atoms with E-state index >= 15 is 0 Å². The van der Waals surface area contributed by atoms with Crippen LogP contribution in [-0.4, -0.2) is 95.6 Å². The first-order valence-electron chi connectivity index (χ1n) is 24.5. The van der Waals surface area contributed by atoms with Gasteiger partial charge in [0, 0.05) is 79.2 Å². The molecule has 4 atom stereocenters. The summed E-state index contributed by atoms with van der Waals surface area (Å²) in [4.78, 5) is 64.1. The number of aryl methyl sites for hydroxylation is 1. The maximum atomic E-state index is 14.2. The van der Waals surface area contributed by atoms with Gasteiger partial charge in [-0.15, -0.1) is 11.3 Å². The van der Waals surface area contributed by atoms with Crippen molar-refractivity contribution in [2.75, 3.05) is 37.7 Å². The van der Waals surface area contributed by atoms with Gasteiger partial charge in [0.1, 0.15) is 30.6 Å². The monoisotopic (exact) mass is 992 g/mol. The van der Waals surface area contributed by atoms with E-state index in [4.69, 9.17) is 21.1 Å². The molecule has 7 rings (SSSR count). The Bertz CT molecular complexity index is 2540. The lowest BCUT2D eigenvalue weighted by atomic mass is 9.49. The predicted molar refractivity (Wildman–Crippen MR) is 274 cm³/mol. The number of hydrogen-bond acceptors (Lipinski definition) is 11. The number of Topliss-reactive ketones (excluding diaryl/α,β-unsaturated/α-hetero) is 1. The minimum atomic E-state index is -0.851. The fourth-order valence-electron chi connectivity index (χ4n) is 11.0. The number of carbonyl (C=O) groups excluding carboxylic acids is 4. The molecule has 3 amide bonds. The zero-order chi connectivity index (χ0) is 50.7. The van der Waals surface area contributed by atoms with Gasteiger partial charge in [0.2, 0.25) is 11.8 Å². The van der Waals surface area contributed by atoms with Crippen LogP contribution in [0.1, 0.15) is 121 Å². The number of halogens is 1. The van der Waals surface area contributed by atoms with Crippen LogP contribution in [0.15, 0.2) is 72.2 Å². The number of carbonyl (C=O) groups is 4. The number of aliphatic hydroxyl groups excluding tert-OH is 1. The normalized spacial score (nSPS) is 21.8. The second-order valence-electron chi connectivity index (χ2n) is 21.8. The first kappa shape index (κ1) is 52.5. The number of nitrogens with zero attached hydrogens (tertiary/aromatic N) is 4. The van der Waals surface area contributed by atoms with Gasteiger partial charge in [0.25, 0.3) is 5.91 Å². The Morgan fingerprint density at radius 3 is 2.27 bits per heavy atom. The number of hydrogen-bond donors (Lipinski definition) is 3. The summed E-state index contributed by atoms with van der Waals surface area (Å²) in [5, 5.41) is 26.6. The summed E-state index contributed by atoms with van der Waals surface area (Å²) >= 11 is 7.85. The predicted octanol–water partition coefficient (Wildman–Crippen LogP) is 9.34. The average Bonchev–Trinajstić information content (AvgIpc) is 3.95. The van der Waals surface area contributed by atoms with Crippen LogP contribution in [-0.2, 0) is 19.1 Å². The standard InChI is InChI=1S/C55H69ClN6O7S/c1-33(36-10-12-37(13-11-36)47-34(2)58-32-70-47)59-49(66)46-27-41(63)30-62(46)50(67)44(53(3,4)5)26-42(64)31-68-25-22-35-20-23-61(24-21-35)40-17-14-38(15-18-40)48(65)60-51-54(6,7)52(55(51,8)9)69-43-19-16-39(29-57)45(56)28-43/h10-19,28,32-33,35,41,44,46,51-52,63H,20-27,30-31H2,1-9H3,(H,59,66)(H,60,65)/t33-,41+,44?,46-,51-,52-/m0/s1. The topological polar surface area (TPSA) is 174 Å². The number of β-amino-alcohol motifs (C(OH)–C–C–N with tert-alkyl or cyclic N) is 1. The van der Waals surface area contributed by atoms with Gasteiger partial charge in [-0.25, -0.2) is 4.98 Å². The second-order valence-corrected chi connectivity index (χ2v) is 23.1. The molecule has 0 radical (unpaired) electrons. The number of nitriles is 1. The van der Waals surface area contributed by atoms with E-state index in [0.29, 0.717) is 34.4 Å². The van der Waals surface area contributed by atoms with Crippen molar-refractivity contribution in [1.82, 2.24) is 20.5 Å². The number of piperidine rings is 1.